The fourth-order valence-corrected chi connectivity index (χ4v) is 3.62. The number of ether oxygens (including phenoxy) is 1. The summed E-state index contributed by atoms with van der Waals surface area (Å²) < 4.78 is 5.27. The molecular formula is C18H28O. The average Bonchev–Trinajstić information content (AvgIpc) is 2.37. The van der Waals surface area contributed by atoms with Gasteiger partial charge in [-0.2, -0.15) is 0 Å². The van der Waals surface area contributed by atoms with Crippen LogP contribution in [-0.4, -0.2) is 7.11 Å². The van der Waals surface area contributed by atoms with E-state index in [0.29, 0.717) is 11.3 Å². The molecule has 2 unspecified atom stereocenters. The van der Waals surface area contributed by atoms with Crippen molar-refractivity contribution in [2.45, 2.75) is 52.9 Å². The highest BCUT2D eigenvalue weighted by atomic mass is 16.5. The monoisotopic (exact) mass is 260 g/mol. The van der Waals surface area contributed by atoms with Crippen molar-refractivity contribution in [3.8, 4) is 5.75 Å². The minimum atomic E-state index is 0.482. The lowest BCUT2D eigenvalue weighted by Crippen LogP contribution is -2.31. The molecule has 1 aromatic rings. The fraction of sp³-hybridized carbons (Fsp3) is 0.667. The van der Waals surface area contributed by atoms with Crippen molar-refractivity contribution in [2.24, 2.45) is 17.3 Å². The lowest BCUT2D eigenvalue weighted by Gasteiger charge is -2.43. The Labute approximate surface area is 118 Å². The fourth-order valence-electron chi connectivity index (χ4n) is 3.62. The maximum Gasteiger partial charge on any atom is 0.118 e. The Morgan fingerprint density at radius 1 is 1.16 bits per heavy atom. The van der Waals surface area contributed by atoms with Gasteiger partial charge in [0.25, 0.3) is 0 Å². The molecular weight excluding hydrogens is 232 g/mol. The largest absolute Gasteiger partial charge is 0.497 e. The van der Waals surface area contributed by atoms with E-state index < -0.39 is 0 Å². The summed E-state index contributed by atoms with van der Waals surface area (Å²) in [6.45, 7) is 9.58. The highest BCUT2D eigenvalue weighted by molar-refractivity contribution is 5.30. The highest BCUT2D eigenvalue weighted by Gasteiger charge is 2.36. The Hall–Kier alpha value is -0.980. The van der Waals surface area contributed by atoms with Crippen LogP contribution < -0.4 is 4.74 Å². The van der Waals surface area contributed by atoms with Gasteiger partial charge >= 0.3 is 0 Å². The third-order valence-corrected chi connectivity index (χ3v) is 4.84. The first kappa shape index (κ1) is 14.4. The molecule has 0 aliphatic heterocycles. The van der Waals surface area contributed by atoms with Crippen molar-refractivity contribution in [2.75, 3.05) is 7.11 Å². The van der Waals surface area contributed by atoms with Crippen molar-refractivity contribution in [3.63, 3.8) is 0 Å². The maximum absolute atomic E-state index is 5.27. The minimum absolute atomic E-state index is 0.482. The summed E-state index contributed by atoms with van der Waals surface area (Å²) in [6, 6.07) is 8.74. The maximum atomic E-state index is 5.27. The Morgan fingerprint density at radius 2 is 1.79 bits per heavy atom. The molecule has 1 saturated carbocycles. The van der Waals surface area contributed by atoms with Gasteiger partial charge in [0.05, 0.1) is 7.11 Å². The van der Waals surface area contributed by atoms with Crippen LogP contribution >= 0.6 is 0 Å². The quantitative estimate of drug-likeness (QED) is 0.720. The van der Waals surface area contributed by atoms with Crippen molar-refractivity contribution >= 4 is 0 Å². The number of hydrogen-bond acceptors (Lipinski definition) is 1. The first-order chi connectivity index (χ1) is 8.93. The van der Waals surface area contributed by atoms with Gasteiger partial charge in [-0.1, -0.05) is 39.8 Å². The van der Waals surface area contributed by atoms with E-state index in [2.05, 4.69) is 52.0 Å². The highest BCUT2D eigenvalue weighted by Crippen LogP contribution is 2.49. The molecule has 0 radical (unpaired) electrons. The lowest BCUT2D eigenvalue weighted by molar-refractivity contribution is 0.131. The second-order valence-electron chi connectivity index (χ2n) is 7.19. The van der Waals surface area contributed by atoms with Crippen LogP contribution in [0.5, 0.6) is 5.75 Å². The Bertz CT molecular complexity index is 402. The number of methoxy groups -OCH3 is 1. The molecule has 19 heavy (non-hydrogen) atoms. The van der Waals surface area contributed by atoms with E-state index in [-0.39, 0.29) is 0 Å². The molecule has 1 aromatic carbocycles. The second kappa shape index (κ2) is 5.56. The minimum Gasteiger partial charge on any atom is -0.497 e. The smallest absolute Gasteiger partial charge is 0.118 e. The predicted molar refractivity (Wildman–Crippen MR) is 81.7 cm³/mol. The molecule has 1 nitrogen and oxygen atoms in total. The van der Waals surface area contributed by atoms with Gasteiger partial charge in [-0.05, 0) is 60.1 Å². The van der Waals surface area contributed by atoms with Gasteiger partial charge < -0.3 is 4.74 Å². The van der Waals surface area contributed by atoms with Crippen LogP contribution in [0.1, 0.15) is 58.4 Å². The summed E-state index contributed by atoms with van der Waals surface area (Å²) in [7, 11) is 1.73. The zero-order valence-electron chi connectivity index (χ0n) is 13.1. The molecule has 1 heteroatoms. The third-order valence-electron chi connectivity index (χ3n) is 4.84. The predicted octanol–water partition coefficient (Wildman–Crippen LogP) is 5.26. The van der Waals surface area contributed by atoms with Crippen molar-refractivity contribution in [1.82, 2.24) is 0 Å². The van der Waals surface area contributed by atoms with Gasteiger partial charge in [-0.15, -0.1) is 0 Å². The Morgan fingerprint density at radius 3 is 2.32 bits per heavy atom. The van der Waals surface area contributed by atoms with Crippen LogP contribution in [-0.2, 0) is 0 Å². The molecule has 0 saturated heterocycles. The molecule has 0 aromatic heterocycles. The summed E-state index contributed by atoms with van der Waals surface area (Å²) in [6.07, 6.45) is 4.03. The van der Waals surface area contributed by atoms with Crippen molar-refractivity contribution < 1.29 is 4.74 Å². The Balaban J connectivity index is 2.25. The zero-order valence-corrected chi connectivity index (χ0v) is 13.1. The van der Waals surface area contributed by atoms with E-state index in [0.717, 1.165) is 17.6 Å². The van der Waals surface area contributed by atoms with Crippen molar-refractivity contribution in [1.29, 1.82) is 0 Å². The molecule has 1 aliphatic carbocycles. The standard InChI is InChI=1S/C18H28O/c1-13(2)16-10-11-18(3,4)12-17(16)14-6-8-15(19-5)9-7-14/h6-9,13,16-17H,10-12H2,1-5H3. The average molecular weight is 260 g/mol. The van der Waals surface area contributed by atoms with Crippen LogP contribution in [0.15, 0.2) is 24.3 Å². The topological polar surface area (TPSA) is 9.23 Å². The molecule has 2 atom stereocenters. The summed E-state index contributed by atoms with van der Waals surface area (Å²) in [5.74, 6) is 3.25. The lowest BCUT2D eigenvalue weighted by atomic mass is 9.62. The number of rotatable bonds is 3. The zero-order chi connectivity index (χ0) is 14.0. The van der Waals surface area contributed by atoms with E-state index >= 15 is 0 Å². The molecule has 0 heterocycles. The van der Waals surface area contributed by atoms with E-state index in [9.17, 15) is 0 Å². The van der Waals surface area contributed by atoms with Crippen LogP contribution in [0, 0.1) is 17.3 Å². The normalized spacial score (nSPS) is 26.4. The van der Waals surface area contributed by atoms with Crippen LogP contribution in [0.25, 0.3) is 0 Å². The van der Waals surface area contributed by atoms with Gasteiger partial charge in [-0.3, -0.25) is 0 Å². The first-order valence-electron chi connectivity index (χ1n) is 7.57. The van der Waals surface area contributed by atoms with Gasteiger partial charge in [0.2, 0.25) is 0 Å². The molecule has 1 fully saturated rings. The van der Waals surface area contributed by atoms with Gasteiger partial charge in [0.15, 0.2) is 0 Å². The molecule has 1 aliphatic rings. The van der Waals surface area contributed by atoms with Gasteiger partial charge in [0.1, 0.15) is 5.75 Å². The van der Waals surface area contributed by atoms with E-state index in [4.69, 9.17) is 4.74 Å². The van der Waals surface area contributed by atoms with E-state index in [1.807, 2.05) is 0 Å². The summed E-state index contributed by atoms with van der Waals surface area (Å²) in [5, 5.41) is 0. The van der Waals surface area contributed by atoms with Crippen LogP contribution in [0.3, 0.4) is 0 Å². The third kappa shape index (κ3) is 3.32. The molecule has 2 rings (SSSR count). The number of benzene rings is 1. The number of hydrogen-bond donors (Lipinski definition) is 0. The first-order valence-corrected chi connectivity index (χ1v) is 7.57. The molecule has 0 N–H and O–H groups in total. The molecule has 0 bridgehead atoms. The second-order valence-corrected chi connectivity index (χ2v) is 7.19. The summed E-state index contributed by atoms with van der Waals surface area (Å²) in [4.78, 5) is 0. The van der Waals surface area contributed by atoms with Gasteiger partial charge in [-0.25, -0.2) is 0 Å². The van der Waals surface area contributed by atoms with Crippen LogP contribution in [0.2, 0.25) is 0 Å². The molecule has 106 valence electrons. The van der Waals surface area contributed by atoms with Crippen molar-refractivity contribution in [3.05, 3.63) is 29.8 Å². The van der Waals surface area contributed by atoms with E-state index in [1.54, 1.807) is 7.11 Å². The SMILES string of the molecule is COc1ccc(C2CC(C)(C)CCC2C(C)C)cc1. The Kier molecular flexibility index (Phi) is 4.23. The summed E-state index contributed by atoms with van der Waals surface area (Å²) in [5.41, 5.74) is 1.97. The van der Waals surface area contributed by atoms with Crippen LogP contribution in [0.4, 0.5) is 0 Å². The summed E-state index contributed by atoms with van der Waals surface area (Å²) >= 11 is 0. The van der Waals surface area contributed by atoms with E-state index in [1.165, 1.54) is 24.8 Å². The molecule has 0 amide bonds. The molecule has 0 spiro atoms. The van der Waals surface area contributed by atoms with Gasteiger partial charge in [0, 0.05) is 0 Å².